The molecule has 2 rings (SSSR count). The Bertz CT molecular complexity index is 416. The van der Waals surface area contributed by atoms with E-state index in [9.17, 15) is 23.1 Å². The fourth-order valence-electron chi connectivity index (χ4n) is 3.93. The van der Waals surface area contributed by atoms with Crippen molar-refractivity contribution < 1.29 is 23.1 Å². The third kappa shape index (κ3) is 3.56. The van der Waals surface area contributed by atoms with E-state index in [0.29, 0.717) is 18.8 Å². The van der Waals surface area contributed by atoms with Crippen LogP contribution in [0.15, 0.2) is 0 Å². The first-order chi connectivity index (χ1) is 10.2. The minimum Gasteiger partial charge on any atom is -0.394 e. The lowest BCUT2D eigenvalue weighted by molar-refractivity contribution is -0.169. The molecule has 2 aliphatic rings. The fraction of sp³-hybridized carbons (Fsp3) is 0.933. The highest BCUT2D eigenvalue weighted by atomic mass is 19.4. The third-order valence-electron chi connectivity index (χ3n) is 5.21. The number of aliphatic hydroxyl groups excluding tert-OH is 1. The van der Waals surface area contributed by atoms with Gasteiger partial charge in [-0.15, -0.1) is 0 Å². The van der Waals surface area contributed by atoms with E-state index < -0.39 is 30.2 Å². The van der Waals surface area contributed by atoms with E-state index >= 15 is 0 Å². The molecule has 7 heteroatoms. The van der Waals surface area contributed by atoms with Gasteiger partial charge in [-0.05, 0) is 45.1 Å². The maximum Gasteiger partial charge on any atom is 0.406 e. The van der Waals surface area contributed by atoms with Gasteiger partial charge in [0.25, 0.3) is 0 Å². The number of piperidine rings is 1. The number of likely N-dealkylation sites (N-methyl/N-ethyl adjacent to an activating group) is 1. The van der Waals surface area contributed by atoms with Crippen LogP contribution >= 0.6 is 0 Å². The van der Waals surface area contributed by atoms with Gasteiger partial charge in [0.05, 0.1) is 12.6 Å². The Morgan fingerprint density at radius 2 is 2.09 bits per heavy atom. The lowest BCUT2D eigenvalue weighted by Gasteiger charge is -2.45. The summed E-state index contributed by atoms with van der Waals surface area (Å²) in [5.41, 5.74) is -0.471. The SMILES string of the molecule is CC1CCC(CO)(N(C)C2CCCN(CC(F)(F)F)C2=O)C1. The Morgan fingerprint density at radius 3 is 2.59 bits per heavy atom. The predicted octanol–water partition coefficient (Wildman–Crippen LogP) is 2.02. The molecule has 1 saturated carbocycles. The van der Waals surface area contributed by atoms with Crippen molar-refractivity contribution in [3.05, 3.63) is 0 Å². The fourth-order valence-corrected chi connectivity index (χ4v) is 3.93. The van der Waals surface area contributed by atoms with Crippen molar-refractivity contribution in [2.24, 2.45) is 5.92 Å². The Kier molecular flexibility index (Phi) is 5.06. The molecular formula is C15H25F3N2O2. The van der Waals surface area contributed by atoms with Gasteiger partial charge in [0, 0.05) is 12.1 Å². The summed E-state index contributed by atoms with van der Waals surface area (Å²) in [6.07, 6.45) is -0.717. The Morgan fingerprint density at radius 1 is 1.41 bits per heavy atom. The maximum absolute atomic E-state index is 12.6. The first kappa shape index (κ1) is 17.5. The van der Waals surface area contributed by atoms with E-state index in [1.165, 1.54) is 0 Å². The molecule has 0 spiro atoms. The highest BCUT2D eigenvalue weighted by Crippen LogP contribution is 2.40. The normalized spacial score (nSPS) is 33.8. The zero-order valence-electron chi connectivity index (χ0n) is 13.2. The minimum absolute atomic E-state index is 0.0586. The van der Waals surface area contributed by atoms with E-state index in [-0.39, 0.29) is 13.2 Å². The monoisotopic (exact) mass is 322 g/mol. The summed E-state index contributed by atoms with van der Waals surface area (Å²) in [6, 6.07) is -0.562. The molecule has 3 atom stereocenters. The lowest BCUT2D eigenvalue weighted by atomic mass is 9.91. The van der Waals surface area contributed by atoms with Crippen molar-refractivity contribution in [2.45, 2.75) is 56.8 Å². The number of likely N-dealkylation sites (tertiary alicyclic amines) is 1. The van der Waals surface area contributed by atoms with Crippen molar-refractivity contribution in [2.75, 3.05) is 26.7 Å². The number of hydrogen-bond donors (Lipinski definition) is 1. The van der Waals surface area contributed by atoms with Crippen molar-refractivity contribution in [3.63, 3.8) is 0 Å². The molecule has 1 aliphatic heterocycles. The largest absolute Gasteiger partial charge is 0.406 e. The summed E-state index contributed by atoms with van der Waals surface area (Å²) < 4.78 is 37.8. The van der Waals surface area contributed by atoms with Crippen molar-refractivity contribution in [1.29, 1.82) is 0 Å². The molecule has 4 nitrogen and oxygen atoms in total. The van der Waals surface area contributed by atoms with Crippen molar-refractivity contribution in [3.8, 4) is 0 Å². The second-order valence-electron chi connectivity index (χ2n) is 6.87. The smallest absolute Gasteiger partial charge is 0.394 e. The van der Waals surface area contributed by atoms with Gasteiger partial charge >= 0.3 is 6.18 Å². The van der Waals surface area contributed by atoms with Crippen LogP contribution < -0.4 is 0 Å². The molecule has 0 aromatic rings. The standard InChI is InChI=1S/C15H25F3N2O2/c1-11-5-6-14(8-11,10-21)19(2)12-4-3-7-20(13(12)22)9-15(16,17)18/h11-12,21H,3-10H2,1-2H3. The molecule has 1 N–H and O–H groups in total. The van der Waals surface area contributed by atoms with E-state index in [4.69, 9.17) is 0 Å². The van der Waals surface area contributed by atoms with Gasteiger partial charge in [-0.3, -0.25) is 9.69 Å². The van der Waals surface area contributed by atoms with Gasteiger partial charge in [0.15, 0.2) is 0 Å². The summed E-state index contributed by atoms with van der Waals surface area (Å²) in [5.74, 6) is -0.00183. The number of amides is 1. The van der Waals surface area contributed by atoms with Gasteiger partial charge in [-0.1, -0.05) is 6.92 Å². The molecule has 3 unspecified atom stereocenters. The number of nitrogens with zero attached hydrogens (tertiary/aromatic N) is 2. The number of alkyl halides is 3. The van der Waals surface area contributed by atoms with Crippen molar-refractivity contribution >= 4 is 5.91 Å². The molecule has 1 heterocycles. The topological polar surface area (TPSA) is 43.8 Å². The summed E-state index contributed by atoms with van der Waals surface area (Å²) in [4.78, 5) is 15.2. The molecule has 128 valence electrons. The van der Waals surface area contributed by atoms with E-state index in [1.807, 2.05) is 4.90 Å². The molecule has 0 bridgehead atoms. The van der Waals surface area contributed by atoms with E-state index in [2.05, 4.69) is 6.92 Å². The number of carbonyl (C=O) groups excluding carboxylic acids is 1. The first-order valence-electron chi connectivity index (χ1n) is 7.88. The Hall–Kier alpha value is -0.820. The number of halogens is 3. The van der Waals surface area contributed by atoms with Crippen LogP contribution in [0.3, 0.4) is 0 Å². The second-order valence-corrected chi connectivity index (χ2v) is 6.87. The number of aliphatic hydroxyl groups is 1. The van der Waals surface area contributed by atoms with Crippen LogP contribution in [-0.4, -0.2) is 65.3 Å². The van der Waals surface area contributed by atoms with Gasteiger partial charge in [-0.2, -0.15) is 13.2 Å². The molecule has 22 heavy (non-hydrogen) atoms. The van der Waals surface area contributed by atoms with Crippen LogP contribution in [0.2, 0.25) is 0 Å². The second kappa shape index (κ2) is 6.35. The summed E-state index contributed by atoms with van der Waals surface area (Å²) >= 11 is 0. The van der Waals surface area contributed by atoms with Crippen molar-refractivity contribution in [1.82, 2.24) is 9.80 Å². The molecule has 1 saturated heterocycles. The highest BCUT2D eigenvalue weighted by molar-refractivity contribution is 5.82. The zero-order valence-corrected chi connectivity index (χ0v) is 13.2. The lowest BCUT2D eigenvalue weighted by Crippen LogP contribution is -2.60. The molecule has 0 radical (unpaired) electrons. The number of rotatable bonds is 4. The predicted molar refractivity (Wildman–Crippen MR) is 76.3 cm³/mol. The van der Waals surface area contributed by atoms with Crippen LogP contribution in [0.25, 0.3) is 0 Å². The van der Waals surface area contributed by atoms with Gasteiger partial charge in [-0.25, -0.2) is 0 Å². The summed E-state index contributed by atoms with van der Waals surface area (Å²) in [5, 5.41) is 9.83. The van der Waals surface area contributed by atoms with E-state index in [1.54, 1.807) is 7.05 Å². The Balaban J connectivity index is 2.11. The maximum atomic E-state index is 12.6. The summed E-state index contributed by atoms with van der Waals surface area (Å²) in [6.45, 7) is 1.02. The minimum atomic E-state index is -4.37. The molecule has 2 fully saturated rings. The number of hydrogen-bond acceptors (Lipinski definition) is 3. The number of carbonyl (C=O) groups is 1. The molecule has 1 amide bonds. The highest BCUT2D eigenvalue weighted by Gasteiger charge is 2.47. The summed E-state index contributed by atoms with van der Waals surface area (Å²) in [7, 11) is 1.77. The van der Waals surface area contributed by atoms with Crippen LogP contribution in [-0.2, 0) is 4.79 Å². The molecule has 1 aliphatic carbocycles. The average Bonchev–Trinajstić information content (AvgIpc) is 2.82. The molecule has 0 aromatic heterocycles. The van der Waals surface area contributed by atoms with Crippen LogP contribution in [0.5, 0.6) is 0 Å². The average molecular weight is 322 g/mol. The first-order valence-corrected chi connectivity index (χ1v) is 7.88. The van der Waals surface area contributed by atoms with Crippen LogP contribution in [0.1, 0.15) is 39.0 Å². The third-order valence-corrected chi connectivity index (χ3v) is 5.21. The van der Waals surface area contributed by atoms with Gasteiger partial charge in [0.2, 0.25) is 5.91 Å². The van der Waals surface area contributed by atoms with Gasteiger partial charge < -0.3 is 10.0 Å². The zero-order chi connectivity index (χ0) is 16.5. The quantitative estimate of drug-likeness (QED) is 0.861. The van der Waals surface area contributed by atoms with Crippen LogP contribution in [0, 0.1) is 5.92 Å². The molecule has 0 aromatic carbocycles. The van der Waals surface area contributed by atoms with Crippen LogP contribution in [0.4, 0.5) is 13.2 Å². The molecular weight excluding hydrogens is 297 g/mol. The van der Waals surface area contributed by atoms with E-state index in [0.717, 1.165) is 24.2 Å². The Labute approximate surface area is 129 Å². The van der Waals surface area contributed by atoms with Gasteiger partial charge in [0.1, 0.15) is 6.54 Å².